The van der Waals surface area contributed by atoms with Crippen LogP contribution in [0.4, 0.5) is 4.39 Å². The first-order chi connectivity index (χ1) is 10.2. The summed E-state index contributed by atoms with van der Waals surface area (Å²) in [7, 11) is 0. The molecule has 0 amide bonds. The van der Waals surface area contributed by atoms with Crippen LogP contribution in [-0.2, 0) is 0 Å². The smallest absolute Gasteiger partial charge is 0.153 e. The molecule has 0 atom stereocenters. The maximum absolute atomic E-state index is 13.3. The van der Waals surface area contributed by atoms with E-state index in [0.717, 1.165) is 0 Å². The fraction of sp³-hybridized carbons (Fsp3) is 0.0667. The van der Waals surface area contributed by atoms with Crippen LogP contribution in [-0.4, -0.2) is 26.0 Å². The Kier molecular flexibility index (Phi) is 3.27. The summed E-state index contributed by atoms with van der Waals surface area (Å²) in [5, 5.41) is 4.34. The van der Waals surface area contributed by atoms with Crippen LogP contribution in [0.25, 0.3) is 17.1 Å². The number of benzene rings is 1. The van der Waals surface area contributed by atoms with Crippen molar-refractivity contribution in [3.8, 4) is 17.1 Å². The molecule has 0 radical (unpaired) electrons. The van der Waals surface area contributed by atoms with Crippen LogP contribution in [0.5, 0.6) is 0 Å². The molecule has 0 fully saturated rings. The van der Waals surface area contributed by atoms with Crippen molar-refractivity contribution in [2.24, 2.45) is 0 Å². The number of aromatic nitrogens is 4. The van der Waals surface area contributed by atoms with E-state index in [1.165, 1.54) is 23.0 Å². The van der Waals surface area contributed by atoms with Gasteiger partial charge in [0, 0.05) is 18.6 Å². The second kappa shape index (κ2) is 5.24. The van der Waals surface area contributed by atoms with Crippen LogP contribution in [0.2, 0.25) is 0 Å². The molecule has 0 aliphatic carbocycles. The molecule has 5 nitrogen and oxygen atoms in total. The first-order valence-corrected chi connectivity index (χ1v) is 6.28. The minimum atomic E-state index is -0.368. The maximum Gasteiger partial charge on any atom is 0.153 e. The van der Waals surface area contributed by atoms with E-state index in [9.17, 15) is 9.18 Å². The SMILES string of the molecule is Cc1nccnc1-c1nn(-c2cccc(F)c2)cc1C=O. The predicted molar refractivity (Wildman–Crippen MR) is 74.7 cm³/mol. The van der Waals surface area contributed by atoms with Gasteiger partial charge in [-0.15, -0.1) is 0 Å². The maximum atomic E-state index is 13.3. The van der Waals surface area contributed by atoms with Crippen molar-refractivity contribution >= 4 is 6.29 Å². The molecule has 0 unspecified atom stereocenters. The number of hydrogen-bond donors (Lipinski definition) is 0. The Morgan fingerprint density at radius 1 is 1.19 bits per heavy atom. The summed E-state index contributed by atoms with van der Waals surface area (Å²) in [6, 6.07) is 5.98. The second-order valence-electron chi connectivity index (χ2n) is 4.47. The number of aryl methyl sites for hydroxylation is 1. The molecule has 1 aromatic carbocycles. The summed E-state index contributed by atoms with van der Waals surface area (Å²) >= 11 is 0. The van der Waals surface area contributed by atoms with Gasteiger partial charge in [-0.3, -0.25) is 14.8 Å². The molecule has 3 aromatic rings. The lowest BCUT2D eigenvalue weighted by atomic mass is 10.2. The van der Waals surface area contributed by atoms with E-state index in [0.29, 0.717) is 34.6 Å². The van der Waals surface area contributed by atoms with Crippen LogP contribution in [0, 0.1) is 12.7 Å². The molecule has 0 N–H and O–H groups in total. The average Bonchev–Trinajstić information content (AvgIpc) is 2.92. The second-order valence-corrected chi connectivity index (χ2v) is 4.47. The van der Waals surface area contributed by atoms with Gasteiger partial charge in [-0.1, -0.05) is 6.07 Å². The predicted octanol–water partition coefficient (Wildman–Crippen LogP) is 2.59. The number of halogens is 1. The van der Waals surface area contributed by atoms with Crippen molar-refractivity contribution in [1.82, 2.24) is 19.7 Å². The molecule has 0 bridgehead atoms. The normalized spacial score (nSPS) is 10.6. The summed E-state index contributed by atoms with van der Waals surface area (Å²) in [5.74, 6) is -0.368. The lowest BCUT2D eigenvalue weighted by molar-refractivity contribution is 0.112. The molecule has 3 rings (SSSR count). The first kappa shape index (κ1) is 13.1. The van der Waals surface area contributed by atoms with Crippen LogP contribution < -0.4 is 0 Å². The molecular weight excluding hydrogens is 271 g/mol. The van der Waals surface area contributed by atoms with Gasteiger partial charge in [0.1, 0.15) is 17.2 Å². The number of nitrogens with zero attached hydrogens (tertiary/aromatic N) is 4. The number of rotatable bonds is 3. The van der Waals surface area contributed by atoms with Gasteiger partial charge >= 0.3 is 0 Å². The highest BCUT2D eigenvalue weighted by molar-refractivity contribution is 5.85. The number of aldehydes is 1. The molecular formula is C15H11FN4O. The summed E-state index contributed by atoms with van der Waals surface area (Å²) in [4.78, 5) is 19.6. The highest BCUT2D eigenvalue weighted by Gasteiger charge is 2.15. The molecule has 0 saturated heterocycles. The fourth-order valence-electron chi connectivity index (χ4n) is 2.05. The van der Waals surface area contributed by atoms with Crippen LogP contribution in [0.3, 0.4) is 0 Å². The van der Waals surface area contributed by atoms with Gasteiger partial charge in [-0.2, -0.15) is 5.10 Å². The fourth-order valence-corrected chi connectivity index (χ4v) is 2.05. The number of carbonyl (C=O) groups is 1. The van der Waals surface area contributed by atoms with Crippen molar-refractivity contribution in [3.63, 3.8) is 0 Å². The van der Waals surface area contributed by atoms with Crippen molar-refractivity contribution in [1.29, 1.82) is 0 Å². The molecule has 0 saturated carbocycles. The van der Waals surface area contributed by atoms with Gasteiger partial charge in [0.25, 0.3) is 0 Å². The third kappa shape index (κ3) is 2.43. The highest BCUT2D eigenvalue weighted by atomic mass is 19.1. The molecule has 0 aliphatic rings. The summed E-state index contributed by atoms with van der Waals surface area (Å²) in [6.07, 6.45) is 5.36. The summed E-state index contributed by atoms with van der Waals surface area (Å²) in [6.45, 7) is 1.79. The van der Waals surface area contributed by atoms with Gasteiger partial charge in [0.05, 0.1) is 16.9 Å². The largest absolute Gasteiger partial charge is 0.298 e. The quantitative estimate of drug-likeness (QED) is 0.693. The van der Waals surface area contributed by atoms with Crippen molar-refractivity contribution in [2.75, 3.05) is 0 Å². The van der Waals surface area contributed by atoms with Gasteiger partial charge in [-0.05, 0) is 25.1 Å². The molecule has 2 heterocycles. The van der Waals surface area contributed by atoms with E-state index in [4.69, 9.17) is 0 Å². The minimum absolute atomic E-state index is 0.368. The molecule has 2 aromatic heterocycles. The zero-order valence-electron chi connectivity index (χ0n) is 11.2. The Morgan fingerprint density at radius 2 is 2.00 bits per heavy atom. The van der Waals surface area contributed by atoms with Gasteiger partial charge in [0.2, 0.25) is 0 Å². The first-order valence-electron chi connectivity index (χ1n) is 6.28. The minimum Gasteiger partial charge on any atom is -0.298 e. The highest BCUT2D eigenvalue weighted by Crippen LogP contribution is 2.22. The monoisotopic (exact) mass is 282 g/mol. The Balaban J connectivity index is 2.15. The topological polar surface area (TPSA) is 60.7 Å². The van der Waals surface area contributed by atoms with Gasteiger partial charge in [-0.25, -0.2) is 9.07 Å². The molecule has 0 spiro atoms. The molecule has 104 valence electrons. The average molecular weight is 282 g/mol. The third-order valence-corrected chi connectivity index (χ3v) is 3.05. The Hall–Kier alpha value is -2.89. The van der Waals surface area contributed by atoms with E-state index >= 15 is 0 Å². The third-order valence-electron chi connectivity index (χ3n) is 3.05. The van der Waals surface area contributed by atoms with Gasteiger partial charge in [0.15, 0.2) is 6.29 Å². The summed E-state index contributed by atoms with van der Waals surface area (Å²) in [5.41, 5.74) is 2.55. The number of hydrogen-bond acceptors (Lipinski definition) is 4. The Bertz CT molecular complexity index is 813. The van der Waals surface area contributed by atoms with Crippen LogP contribution in [0.1, 0.15) is 16.1 Å². The Morgan fingerprint density at radius 3 is 2.71 bits per heavy atom. The lowest BCUT2D eigenvalue weighted by Crippen LogP contribution is -1.97. The van der Waals surface area contributed by atoms with E-state index in [1.54, 1.807) is 31.5 Å². The van der Waals surface area contributed by atoms with Crippen LogP contribution in [0.15, 0.2) is 42.9 Å². The molecule has 6 heteroatoms. The summed E-state index contributed by atoms with van der Waals surface area (Å²) < 4.78 is 14.8. The molecule has 0 aliphatic heterocycles. The van der Waals surface area contributed by atoms with E-state index < -0.39 is 0 Å². The molecule has 21 heavy (non-hydrogen) atoms. The van der Waals surface area contributed by atoms with E-state index in [-0.39, 0.29) is 5.82 Å². The lowest BCUT2D eigenvalue weighted by Gasteiger charge is -2.02. The van der Waals surface area contributed by atoms with Gasteiger partial charge < -0.3 is 0 Å². The van der Waals surface area contributed by atoms with E-state index in [2.05, 4.69) is 15.1 Å². The van der Waals surface area contributed by atoms with Crippen molar-refractivity contribution in [3.05, 3.63) is 59.9 Å². The zero-order valence-corrected chi connectivity index (χ0v) is 11.2. The zero-order chi connectivity index (χ0) is 14.8. The van der Waals surface area contributed by atoms with E-state index in [1.807, 2.05) is 0 Å². The Labute approximate surface area is 120 Å². The van der Waals surface area contributed by atoms with Crippen molar-refractivity contribution < 1.29 is 9.18 Å². The number of carbonyl (C=O) groups excluding carboxylic acids is 1. The van der Waals surface area contributed by atoms with Crippen molar-refractivity contribution in [2.45, 2.75) is 6.92 Å². The standard InChI is InChI=1S/C15H11FN4O/c1-10-14(18-6-5-17-10)15-11(9-21)8-20(19-15)13-4-2-3-12(16)7-13/h2-9H,1H3. The van der Waals surface area contributed by atoms with Crippen LogP contribution >= 0.6 is 0 Å².